The summed E-state index contributed by atoms with van der Waals surface area (Å²) in [7, 11) is 0. The average Bonchev–Trinajstić information content (AvgIpc) is 2.29. The van der Waals surface area contributed by atoms with Crippen molar-refractivity contribution in [3.8, 4) is 18.4 Å². The van der Waals surface area contributed by atoms with Crippen LogP contribution >= 0.6 is 0 Å². The zero-order valence-corrected chi connectivity index (χ0v) is 8.77. The van der Waals surface area contributed by atoms with Gasteiger partial charge < -0.3 is 4.90 Å². The molecule has 0 unspecified atom stereocenters. The van der Waals surface area contributed by atoms with Crippen molar-refractivity contribution in [2.75, 3.05) is 18.0 Å². The van der Waals surface area contributed by atoms with Gasteiger partial charge in [-0.05, 0) is 18.6 Å². The van der Waals surface area contributed by atoms with E-state index in [0.29, 0.717) is 12.2 Å². The highest BCUT2D eigenvalue weighted by Gasteiger charge is 2.04. The van der Waals surface area contributed by atoms with Crippen molar-refractivity contribution in [2.24, 2.45) is 0 Å². The van der Waals surface area contributed by atoms with Crippen LogP contribution in [0.2, 0.25) is 0 Å². The van der Waals surface area contributed by atoms with Gasteiger partial charge in [0, 0.05) is 18.4 Å². The Morgan fingerprint density at radius 2 is 2.40 bits per heavy atom. The van der Waals surface area contributed by atoms with Crippen LogP contribution in [0, 0.1) is 23.7 Å². The standard InChI is InChI=1S/C12H13N3/c1-3-7-15(8-4-2)12-5-6-14-11(9-12)10-13/h1,5-6,9H,4,7-8H2,2H3. The van der Waals surface area contributed by atoms with Gasteiger partial charge in [-0.3, -0.25) is 0 Å². The number of rotatable bonds is 4. The van der Waals surface area contributed by atoms with Crippen molar-refractivity contribution >= 4 is 5.69 Å². The second-order valence-electron chi connectivity index (χ2n) is 3.14. The predicted octanol–water partition coefficient (Wildman–Crippen LogP) is 1.80. The van der Waals surface area contributed by atoms with E-state index in [0.717, 1.165) is 18.7 Å². The van der Waals surface area contributed by atoms with E-state index in [1.54, 1.807) is 12.3 Å². The molecule has 0 spiro atoms. The Bertz CT molecular complexity index is 398. The average molecular weight is 199 g/mol. The molecule has 0 N–H and O–H groups in total. The molecule has 76 valence electrons. The summed E-state index contributed by atoms with van der Waals surface area (Å²) in [5.74, 6) is 2.61. The van der Waals surface area contributed by atoms with Gasteiger partial charge in [-0.2, -0.15) is 5.26 Å². The van der Waals surface area contributed by atoms with Gasteiger partial charge in [0.2, 0.25) is 0 Å². The van der Waals surface area contributed by atoms with Crippen LogP contribution in [0.5, 0.6) is 0 Å². The lowest BCUT2D eigenvalue weighted by Crippen LogP contribution is -2.24. The summed E-state index contributed by atoms with van der Waals surface area (Å²) in [6.07, 6.45) is 7.95. The van der Waals surface area contributed by atoms with Gasteiger partial charge in [-0.25, -0.2) is 4.98 Å². The van der Waals surface area contributed by atoms with E-state index in [1.807, 2.05) is 12.1 Å². The fourth-order valence-corrected chi connectivity index (χ4v) is 1.36. The molecule has 15 heavy (non-hydrogen) atoms. The summed E-state index contributed by atoms with van der Waals surface area (Å²) in [6, 6.07) is 5.64. The van der Waals surface area contributed by atoms with E-state index in [1.165, 1.54) is 0 Å². The lowest BCUT2D eigenvalue weighted by atomic mass is 10.3. The predicted molar refractivity (Wildman–Crippen MR) is 60.3 cm³/mol. The third-order valence-corrected chi connectivity index (χ3v) is 2.00. The Labute approximate surface area is 90.4 Å². The number of nitrogens with zero attached hydrogens (tertiary/aromatic N) is 3. The van der Waals surface area contributed by atoms with Gasteiger partial charge >= 0.3 is 0 Å². The molecule has 0 saturated heterocycles. The number of terminal acetylenes is 1. The van der Waals surface area contributed by atoms with E-state index in [9.17, 15) is 0 Å². The number of hydrogen-bond donors (Lipinski definition) is 0. The Morgan fingerprint density at radius 1 is 1.60 bits per heavy atom. The van der Waals surface area contributed by atoms with E-state index in [2.05, 4.69) is 22.7 Å². The summed E-state index contributed by atoms with van der Waals surface area (Å²) >= 11 is 0. The van der Waals surface area contributed by atoms with Gasteiger partial charge in [-0.15, -0.1) is 6.42 Å². The fourth-order valence-electron chi connectivity index (χ4n) is 1.36. The summed E-state index contributed by atoms with van der Waals surface area (Å²) < 4.78 is 0. The molecule has 1 aromatic rings. The molecular formula is C12H13N3. The molecule has 0 fully saturated rings. The molecule has 0 saturated carbocycles. The zero-order chi connectivity index (χ0) is 11.1. The maximum absolute atomic E-state index is 8.73. The molecule has 0 bridgehead atoms. The first kappa shape index (κ1) is 11.1. The maximum Gasteiger partial charge on any atom is 0.142 e. The monoisotopic (exact) mass is 199 g/mol. The first-order valence-electron chi connectivity index (χ1n) is 4.86. The summed E-state index contributed by atoms with van der Waals surface area (Å²) in [5.41, 5.74) is 1.38. The second-order valence-corrected chi connectivity index (χ2v) is 3.14. The molecule has 3 nitrogen and oxygen atoms in total. The lowest BCUT2D eigenvalue weighted by Gasteiger charge is -2.21. The van der Waals surface area contributed by atoms with Crippen LogP contribution in [0.25, 0.3) is 0 Å². The van der Waals surface area contributed by atoms with Crippen LogP contribution in [0.4, 0.5) is 5.69 Å². The van der Waals surface area contributed by atoms with Gasteiger partial charge in [0.15, 0.2) is 0 Å². The molecule has 1 rings (SSSR count). The molecule has 0 aliphatic rings. The highest BCUT2D eigenvalue weighted by atomic mass is 15.1. The Hall–Kier alpha value is -2.00. The highest BCUT2D eigenvalue weighted by molar-refractivity contribution is 5.49. The molecule has 0 radical (unpaired) electrons. The summed E-state index contributed by atoms with van der Waals surface area (Å²) in [5, 5.41) is 8.73. The molecule has 0 atom stereocenters. The van der Waals surface area contributed by atoms with E-state index in [4.69, 9.17) is 11.7 Å². The SMILES string of the molecule is C#CCN(CCC)c1ccnc(C#N)c1. The Kier molecular flexibility index (Phi) is 4.19. The minimum absolute atomic E-state index is 0.422. The van der Waals surface area contributed by atoms with Crippen molar-refractivity contribution < 1.29 is 0 Å². The van der Waals surface area contributed by atoms with Crippen LogP contribution in [0.15, 0.2) is 18.3 Å². The third-order valence-electron chi connectivity index (χ3n) is 2.00. The van der Waals surface area contributed by atoms with Gasteiger partial charge in [0.05, 0.1) is 6.54 Å². The molecule has 0 amide bonds. The largest absolute Gasteiger partial charge is 0.360 e. The first-order chi connectivity index (χ1) is 7.31. The molecule has 1 aromatic heterocycles. The third kappa shape index (κ3) is 3.00. The van der Waals surface area contributed by atoms with Crippen molar-refractivity contribution in [2.45, 2.75) is 13.3 Å². The molecular weight excluding hydrogens is 186 g/mol. The molecule has 0 aliphatic heterocycles. The minimum Gasteiger partial charge on any atom is -0.360 e. The summed E-state index contributed by atoms with van der Waals surface area (Å²) in [6.45, 7) is 3.54. The molecule has 0 aliphatic carbocycles. The normalized spacial score (nSPS) is 9.00. The lowest BCUT2D eigenvalue weighted by molar-refractivity contribution is 0.822. The van der Waals surface area contributed by atoms with Crippen LogP contribution in [-0.2, 0) is 0 Å². The number of anilines is 1. The quantitative estimate of drug-likeness (QED) is 0.694. The minimum atomic E-state index is 0.422. The van der Waals surface area contributed by atoms with Crippen molar-refractivity contribution in [3.05, 3.63) is 24.0 Å². The number of pyridine rings is 1. The van der Waals surface area contributed by atoms with Gasteiger partial charge in [0.25, 0.3) is 0 Å². The van der Waals surface area contributed by atoms with Crippen molar-refractivity contribution in [1.82, 2.24) is 4.98 Å². The van der Waals surface area contributed by atoms with Crippen molar-refractivity contribution in [3.63, 3.8) is 0 Å². The molecule has 1 heterocycles. The van der Waals surface area contributed by atoms with E-state index in [-0.39, 0.29) is 0 Å². The Morgan fingerprint density at radius 3 is 3.00 bits per heavy atom. The molecule has 3 heteroatoms. The second kappa shape index (κ2) is 5.67. The van der Waals surface area contributed by atoms with Crippen LogP contribution in [0.1, 0.15) is 19.0 Å². The van der Waals surface area contributed by atoms with Crippen LogP contribution in [-0.4, -0.2) is 18.1 Å². The highest BCUT2D eigenvalue weighted by Crippen LogP contribution is 2.14. The molecule has 0 aromatic carbocycles. The maximum atomic E-state index is 8.73. The number of hydrogen-bond acceptors (Lipinski definition) is 3. The first-order valence-corrected chi connectivity index (χ1v) is 4.86. The fraction of sp³-hybridized carbons (Fsp3) is 0.333. The van der Waals surface area contributed by atoms with Crippen molar-refractivity contribution in [1.29, 1.82) is 5.26 Å². The van der Waals surface area contributed by atoms with Crippen LogP contribution in [0.3, 0.4) is 0 Å². The van der Waals surface area contributed by atoms with E-state index >= 15 is 0 Å². The van der Waals surface area contributed by atoms with Crippen LogP contribution < -0.4 is 4.90 Å². The Balaban J connectivity index is 2.91. The number of aromatic nitrogens is 1. The summed E-state index contributed by atoms with van der Waals surface area (Å²) in [4.78, 5) is 5.98. The zero-order valence-electron chi connectivity index (χ0n) is 8.77. The number of nitriles is 1. The smallest absolute Gasteiger partial charge is 0.142 e. The van der Waals surface area contributed by atoms with Gasteiger partial charge in [-0.1, -0.05) is 12.8 Å². The topological polar surface area (TPSA) is 39.9 Å². The van der Waals surface area contributed by atoms with E-state index < -0.39 is 0 Å². The van der Waals surface area contributed by atoms with Gasteiger partial charge in [0.1, 0.15) is 11.8 Å².